The topological polar surface area (TPSA) is 92.1 Å². The van der Waals surface area contributed by atoms with Gasteiger partial charge in [0.05, 0.1) is 12.6 Å². The van der Waals surface area contributed by atoms with Gasteiger partial charge in [0.1, 0.15) is 6.04 Å². The van der Waals surface area contributed by atoms with Crippen LogP contribution in [0.15, 0.2) is 65.2 Å². The van der Waals surface area contributed by atoms with Crippen LogP contribution in [-0.4, -0.2) is 22.1 Å². The summed E-state index contributed by atoms with van der Waals surface area (Å²) in [6.07, 6.45) is 0. The zero-order chi connectivity index (χ0) is 18.6. The minimum Gasteiger partial charge on any atom is -0.346 e. The van der Waals surface area contributed by atoms with Crippen LogP contribution in [0, 0.1) is 5.92 Å². The fourth-order valence-electron chi connectivity index (χ4n) is 3.29. The van der Waals surface area contributed by atoms with Gasteiger partial charge in [-0.15, -0.1) is 0 Å². The summed E-state index contributed by atoms with van der Waals surface area (Å²) < 4.78 is 5.24. The first-order valence-corrected chi connectivity index (χ1v) is 8.94. The third kappa shape index (κ3) is 3.74. The average Bonchev–Trinajstić information content (AvgIpc) is 3.34. The van der Waals surface area contributed by atoms with Crippen LogP contribution in [0.3, 0.4) is 0 Å². The number of hydrogen-bond acceptors (Lipinski definition) is 6. The van der Waals surface area contributed by atoms with Crippen LogP contribution in [0.2, 0.25) is 0 Å². The SMILES string of the molecule is CC1C(C(=O)NCc2nc(-c3ccccc3)no2)NNC1c1ccccc1. The Balaban J connectivity index is 1.36. The molecule has 1 saturated heterocycles. The van der Waals surface area contributed by atoms with Gasteiger partial charge in [0.25, 0.3) is 0 Å². The van der Waals surface area contributed by atoms with Gasteiger partial charge in [0.2, 0.25) is 17.6 Å². The summed E-state index contributed by atoms with van der Waals surface area (Å²) in [4.78, 5) is 16.9. The molecule has 3 N–H and O–H groups in total. The molecule has 0 bridgehead atoms. The minimum atomic E-state index is -0.341. The second-order valence-corrected chi connectivity index (χ2v) is 6.61. The van der Waals surface area contributed by atoms with E-state index in [-0.39, 0.29) is 30.5 Å². The van der Waals surface area contributed by atoms with Gasteiger partial charge in [-0.2, -0.15) is 4.98 Å². The number of aromatic nitrogens is 2. The fraction of sp³-hybridized carbons (Fsp3) is 0.250. The molecule has 7 nitrogen and oxygen atoms in total. The molecule has 3 aromatic rings. The molecule has 7 heteroatoms. The lowest BCUT2D eigenvalue weighted by Crippen LogP contribution is -2.44. The van der Waals surface area contributed by atoms with Crippen molar-refractivity contribution in [2.24, 2.45) is 5.92 Å². The van der Waals surface area contributed by atoms with E-state index in [4.69, 9.17) is 4.52 Å². The van der Waals surface area contributed by atoms with E-state index in [1.165, 1.54) is 0 Å². The van der Waals surface area contributed by atoms with E-state index in [9.17, 15) is 4.79 Å². The van der Waals surface area contributed by atoms with E-state index >= 15 is 0 Å². The molecule has 0 saturated carbocycles. The molecule has 1 amide bonds. The molecule has 0 aliphatic carbocycles. The van der Waals surface area contributed by atoms with E-state index in [1.54, 1.807) is 0 Å². The molecule has 1 aromatic heterocycles. The van der Waals surface area contributed by atoms with Crippen molar-refractivity contribution >= 4 is 5.91 Å². The summed E-state index contributed by atoms with van der Waals surface area (Å²) in [7, 11) is 0. The zero-order valence-electron chi connectivity index (χ0n) is 14.9. The molecule has 1 aliphatic rings. The lowest BCUT2D eigenvalue weighted by Gasteiger charge is -2.18. The highest BCUT2D eigenvalue weighted by Gasteiger charge is 2.37. The maximum absolute atomic E-state index is 12.6. The van der Waals surface area contributed by atoms with Crippen molar-refractivity contribution in [3.8, 4) is 11.4 Å². The monoisotopic (exact) mass is 363 g/mol. The molecule has 27 heavy (non-hydrogen) atoms. The van der Waals surface area contributed by atoms with Gasteiger partial charge < -0.3 is 9.84 Å². The van der Waals surface area contributed by atoms with E-state index in [0.717, 1.165) is 11.1 Å². The Morgan fingerprint density at radius 2 is 1.78 bits per heavy atom. The summed E-state index contributed by atoms with van der Waals surface area (Å²) in [6.45, 7) is 2.24. The maximum atomic E-state index is 12.6. The van der Waals surface area contributed by atoms with Gasteiger partial charge >= 0.3 is 0 Å². The standard InChI is InChI=1S/C20H21N5O2/c1-13-17(14-8-4-2-5-9-14)23-24-18(13)20(26)21-12-16-22-19(25-27-16)15-10-6-3-7-11-15/h2-11,13,17-18,23-24H,12H2,1H3,(H,21,26). The van der Waals surface area contributed by atoms with E-state index in [0.29, 0.717) is 11.7 Å². The quantitative estimate of drug-likeness (QED) is 0.644. The van der Waals surface area contributed by atoms with Gasteiger partial charge in [-0.1, -0.05) is 72.7 Å². The minimum absolute atomic E-state index is 0.0787. The maximum Gasteiger partial charge on any atom is 0.246 e. The normalized spacial score (nSPS) is 21.9. The van der Waals surface area contributed by atoms with Crippen molar-refractivity contribution < 1.29 is 9.32 Å². The van der Waals surface area contributed by atoms with Gasteiger partial charge in [-0.05, 0) is 5.56 Å². The number of nitrogens with one attached hydrogen (secondary N) is 3. The molecule has 0 radical (unpaired) electrons. The Bertz CT molecular complexity index is 897. The third-order valence-corrected chi connectivity index (χ3v) is 4.80. The zero-order valence-corrected chi connectivity index (χ0v) is 14.9. The largest absolute Gasteiger partial charge is 0.346 e. The van der Waals surface area contributed by atoms with Crippen LogP contribution >= 0.6 is 0 Å². The Labute approximate surface area is 157 Å². The predicted octanol–water partition coefficient (Wildman–Crippen LogP) is 2.21. The van der Waals surface area contributed by atoms with Crippen LogP contribution in [0.5, 0.6) is 0 Å². The van der Waals surface area contributed by atoms with Crippen molar-refractivity contribution in [2.45, 2.75) is 25.6 Å². The number of hydrogen-bond donors (Lipinski definition) is 3. The lowest BCUT2D eigenvalue weighted by atomic mass is 9.91. The van der Waals surface area contributed by atoms with Crippen LogP contribution in [0.25, 0.3) is 11.4 Å². The molecular formula is C20H21N5O2. The Hall–Kier alpha value is -3.03. The Kier molecular flexibility index (Phi) is 4.95. The average molecular weight is 363 g/mol. The summed E-state index contributed by atoms with van der Waals surface area (Å²) in [5.74, 6) is 0.876. The smallest absolute Gasteiger partial charge is 0.246 e. The van der Waals surface area contributed by atoms with Crippen molar-refractivity contribution in [1.82, 2.24) is 26.3 Å². The first kappa shape index (κ1) is 17.4. The van der Waals surface area contributed by atoms with Crippen molar-refractivity contribution in [1.29, 1.82) is 0 Å². The molecule has 2 aromatic carbocycles. The van der Waals surface area contributed by atoms with Gasteiger partial charge in [-0.25, -0.2) is 10.9 Å². The fourth-order valence-corrected chi connectivity index (χ4v) is 3.29. The Morgan fingerprint density at radius 3 is 2.52 bits per heavy atom. The number of carbonyl (C=O) groups excluding carboxylic acids is 1. The van der Waals surface area contributed by atoms with Crippen molar-refractivity contribution in [2.75, 3.05) is 0 Å². The van der Waals surface area contributed by atoms with Crippen LogP contribution < -0.4 is 16.2 Å². The molecule has 0 spiro atoms. The second kappa shape index (κ2) is 7.69. The number of benzene rings is 2. The third-order valence-electron chi connectivity index (χ3n) is 4.80. The molecule has 2 heterocycles. The van der Waals surface area contributed by atoms with Gasteiger partial charge in [0, 0.05) is 11.5 Å². The summed E-state index contributed by atoms with van der Waals surface area (Å²) in [5.41, 5.74) is 8.33. The van der Waals surface area contributed by atoms with Crippen LogP contribution in [0.4, 0.5) is 0 Å². The molecule has 1 aliphatic heterocycles. The summed E-state index contributed by atoms with van der Waals surface area (Å²) in [5, 5.41) is 6.83. The molecule has 3 unspecified atom stereocenters. The number of rotatable bonds is 5. The van der Waals surface area contributed by atoms with E-state index in [2.05, 4.69) is 45.4 Å². The first-order chi connectivity index (χ1) is 13.2. The molecule has 1 fully saturated rings. The summed E-state index contributed by atoms with van der Waals surface area (Å²) >= 11 is 0. The van der Waals surface area contributed by atoms with Gasteiger partial charge in [-0.3, -0.25) is 4.79 Å². The van der Waals surface area contributed by atoms with Crippen molar-refractivity contribution in [3.63, 3.8) is 0 Å². The number of hydrazine groups is 1. The first-order valence-electron chi connectivity index (χ1n) is 8.94. The Morgan fingerprint density at radius 1 is 1.07 bits per heavy atom. The lowest BCUT2D eigenvalue weighted by molar-refractivity contribution is -0.124. The molecule has 4 rings (SSSR count). The predicted molar refractivity (Wildman–Crippen MR) is 100.0 cm³/mol. The number of nitrogens with zero attached hydrogens (tertiary/aromatic N) is 2. The van der Waals surface area contributed by atoms with E-state index < -0.39 is 0 Å². The van der Waals surface area contributed by atoms with Crippen LogP contribution in [-0.2, 0) is 11.3 Å². The highest BCUT2D eigenvalue weighted by molar-refractivity contribution is 5.82. The van der Waals surface area contributed by atoms with E-state index in [1.807, 2.05) is 48.5 Å². The summed E-state index contributed by atoms with van der Waals surface area (Å²) in [6, 6.07) is 19.4. The highest BCUT2D eigenvalue weighted by atomic mass is 16.5. The highest BCUT2D eigenvalue weighted by Crippen LogP contribution is 2.28. The van der Waals surface area contributed by atoms with Gasteiger partial charge in [0.15, 0.2) is 0 Å². The number of carbonyl (C=O) groups is 1. The molecule has 138 valence electrons. The molecule has 3 atom stereocenters. The van der Waals surface area contributed by atoms with Crippen LogP contribution in [0.1, 0.15) is 24.4 Å². The number of amides is 1. The van der Waals surface area contributed by atoms with Crippen molar-refractivity contribution in [3.05, 3.63) is 72.1 Å². The second-order valence-electron chi connectivity index (χ2n) is 6.61. The molecular weight excluding hydrogens is 342 g/mol.